The van der Waals surface area contributed by atoms with Crippen LogP contribution in [0.4, 0.5) is 0 Å². The number of guanidine groups is 1. The van der Waals surface area contributed by atoms with Crippen LogP contribution >= 0.6 is 11.8 Å². The van der Waals surface area contributed by atoms with Gasteiger partial charge in [0.1, 0.15) is 6.26 Å². The summed E-state index contributed by atoms with van der Waals surface area (Å²) in [7, 11) is 0. The molecule has 0 bridgehead atoms. The quantitative estimate of drug-likeness (QED) is 0.574. The number of benzene rings is 1. The monoisotopic (exact) mass is 372 g/mol. The van der Waals surface area contributed by atoms with E-state index in [2.05, 4.69) is 41.6 Å². The second kappa shape index (κ2) is 9.67. The third-order valence-corrected chi connectivity index (χ3v) is 5.73. The van der Waals surface area contributed by atoms with Gasteiger partial charge in [-0.2, -0.15) is 11.8 Å². The van der Waals surface area contributed by atoms with Crippen molar-refractivity contribution in [3.8, 4) is 11.5 Å². The number of oxazole rings is 1. The van der Waals surface area contributed by atoms with E-state index < -0.39 is 0 Å². The van der Waals surface area contributed by atoms with Crippen LogP contribution in [0.1, 0.15) is 31.0 Å². The minimum absolute atomic E-state index is 0.679. The molecule has 26 heavy (non-hydrogen) atoms. The molecule has 1 aliphatic heterocycles. The van der Waals surface area contributed by atoms with Gasteiger partial charge in [-0.3, -0.25) is 4.99 Å². The number of nitrogens with zero attached hydrogens (tertiary/aromatic N) is 2. The van der Waals surface area contributed by atoms with Crippen LogP contribution in [0, 0.1) is 6.92 Å². The molecule has 2 aromatic rings. The molecule has 3 rings (SSSR count). The molecular weight excluding hydrogens is 344 g/mol. The van der Waals surface area contributed by atoms with E-state index in [-0.39, 0.29) is 0 Å². The van der Waals surface area contributed by atoms with Gasteiger partial charge in [0.15, 0.2) is 5.96 Å². The SMILES string of the molecule is CCNC(=NCC1CCCS1)NCCc1coc(-c2ccc(C)cc2)n1. The lowest BCUT2D eigenvalue weighted by Gasteiger charge is -2.12. The van der Waals surface area contributed by atoms with Gasteiger partial charge in [-0.05, 0) is 44.6 Å². The molecule has 1 aromatic heterocycles. The molecule has 0 spiro atoms. The van der Waals surface area contributed by atoms with Crippen LogP contribution in [0.2, 0.25) is 0 Å². The zero-order valence-electron chi connectivity index (χ0n) is 15.6. The smallest absolute Gasteiger partial charge is 0.226 e. The number of aromatic nitrogens is 1. The summed E-state index contributed by atoms with van der Waals surface area (Å²) in [5, 5.41) is 7.39. The van der Waals surface area contributed by atoms with Crippen molar-refractivity contribution >= 4 is 17.7 Å². The molecular formula is C20H28N4OS. The lowest BCUT2D eigenvalue weighted by Crippen LogP contribution is -2.38. The van der Waals surface area contributed by atoms with Crippen LogP contribution in [-0.2, 0) is 6.42 Å². The molecule has 140 valence electrons. The van der Waals surface area contributed by atoms with E-state index >= 15 is 0 Å². The Labute approximate surface area is 160 Å². The van der Waals surface area contributed by atoms with Crippen molar-refractivity contribution in [1.29, 1.82) is 0 Å². The summed E-state index contributed by atoms with van der Waals surface area (Å²) in [5.74, 6) is 2.85. The Hall–Kier alpha value is -1.95. The zero-order chi connectivity index (χ0) is 18.2. The van der Waals surface area contributed by atoms with Crippen molar-refractivity contribution in [3.05, 3.63) is 41.8 Å². The largest absolute Gasteiger partial charge is 0.444 e. The number of aliphatic imine (C=N–C) groups is 1. The summed E-state index contributed by atoms with van der Waals surface area (Å²) in [5.41, 5.74) is 3.20. The van der Waals surface area contributed by atoms with Crippen LogP contribution in [0.5, 0.6) is 0 Å². The number of hydrogen-bond acceptors (Lipinski definition) is 4. The van der Waals surface area contributed by atoms with Crippen molar-refractivity contribution in [2.24, 2.45) is 4.99 Å². The number of nitrogens with one attached hydrogen (secondary N) is 2. The standard InChI is InChI=1S/C20H28N4OS/c1-3-21-20(23-13-18-5-4-12-26-18)22-11-10-17-14-25-19(24-17)16-8-6-15(2)7-9-16/h6-9,14,18H,3-5,10-13H2,1-2H3,(H2,21,22,23). The molecule has 0 radical (unpaired) electrons. The van der Waals surface area contributed by atoms with Crippen molar-refractivity contribution in [3.63, 3.8) is 0 Å². The molecule has 0 amide bonds. The van der Waals surface area contributed by atoms with Gasteiger partial charge in [0, 0.05) is 30.3 Å². The minimum atomic E-state index is 0.679. The van der Waals surface area contributed by atoms with Crippen LogP contribution in [0.15, 0.2) is 39.9 Å². The van der Waals surface area contributed by atoms with Crippen molar-refractivity contribution in [2.45, 2.75) is 38.4 Å². The fraction of sp³-hybridized carbons (Fsp3) is 0.500. The second-order valence-electron chi connectivity index (χ2n) is 6.54. The molecule has 1 atom stereocenters. The summed E-state index contributed by atoms with van der Waals surface area (Å²) in [4.78, 5) is 9.31. The molecule has 1 aliphatic rings. The zero-order valence-corrected chi connectivity index (χ0v) is 16.4. The highest BCUT2D eigenvalue weighted by Crippen LogP contribution is 2.26. The number of thioether (sulfide) groups is 1. The summed E-state index contributed by atoms with van der Waals surface area (Å²) in [6.45, 7) is 6.70. The molecule has 6 heteroatoms. The van der Waals surface area contributed by atoms with E-state index in [9.17, 15) is 0 Å². The Morgan fingerprint density at radius 2 is 2.15 bits per heavy atom. The number of hydrogen-bond donors (Lipinski definition) is 2. The fourth-order valence-electron chi connectivity index (χ4n) is 2.88. The maximum Gasteiger partial charge on any atom is 0.226 e. The average Bonchev–Trinajstić information content (AvgIpc) is 3.32. The predicted molar refractivity (Wildman–Crippen MR) is 110 cm³/mol. The highest BCUT2D eigenvalue weighted by atomic mass is 32.2. The number of aryl methyl sites for hydroxylation is 1. The minimum Gasteiger partial charge on any atom is -0.444 e. The molecule has 2 N–H and O–H groups in total. The normalized spacial score (nSPS) is 17.5. The second-order valence-corrected chi connectivity index (χ2v) is 7.95. The van der Waals surface area contributed by atoms with Crippen molar-refractivity contribution in [2.75, 3.05) is 25.4 Å². The van der Waals surface area contributed by atoms with Crippen LogP contribution in [-0.4, -0.2) is 41.6 Å². The highest BCUT2D eigenvalue weighted by Gasteiger charge is 2.15. The Bertz CT molecular complexity index is 705. The van der Waals surface area contributed by atoms with E-state index in [1.54, 1.807) is 6.26 Å². The van der Waals surface area contributed by atoms with Gasteiger partial charge >= 0.3 is 0 Å². The highest BCUT2D eigenvalue weighted by molar-refractivity contribution is 8.00. The third-order valence-electron chi connectivity index (χ3n) is 4.35. The first-order valence-electron chi connectivity index (χ1n) is 9.40. The van der Waals surface area contributed by atoms with Crippen LogP contribution in [0.25, 0.3) is 11.5 Å². The fourth-order valence-corrected chi connectivity index (χ4v) is 4.06. The molecule has 1 fully saturated rings. The first-order valence-corrected chi connectivity index (χ1v) is 10.4. The van der Waals surface area contributed by atoms with E-state index in [0.717, 1.165) is 43.3 Å². The summed E-state index contributed by atoms with van der Waals surface area (Å²) in [6.07, 6.45) is 5.16. The Kier molecular flexibility index (Phi) is 7.00. The van der Waals surface area contributed by atoms with Gasteiger partial charge in [0.2, 0.25) is 5.89 Å². The van der Waals surface area contributed by atoms with Crippen LogP contribution in [0.3, 0.4) is 0 Å². The Morgan fingerprint density at radius 1 is 1.31 bits per heavy atom. The van der Waals surface area contributed by atoms with Gasteiger partial charge in [0.25, 0.3) is 0 Å². The summed E-state index contributed by atoms with van der Waals surface area (Å²) >= 11 is 2.04. The Balaban J connectivity index is 1.49. The molecule has 2 heterocycles. The molecule has 5 nitrogen and oxygen atoms in total. The van der Waals surface area contributed by atoms with Crippen molar-refractivity contribution < 1.29 is 4.42 Å². The van der Waals surface area contributed by atoms with Crippen molar-refractivity contribution in [1.82, 2.24) is 15.6 Å². The predicted octanol–water partition coefficient (Wildman–Crippen LogP) is 3.64. The number of rotatable bonds is 7. The molecule has 0 saturated carbocycles. The van der Waals surface area contributed by atoms with E-state index in [1.807, 2.05) is 23.9 Å². The van der Waals surface area contributed by atoms with E-state index in [1.165, 1.54) is 24.2 Å². The molecule has 1 saturated heterocycles. The van der Waals surface area contributed by atoms with Crippen LogP contribution < -0.4 is 10.6 Å². The molecule has 0 aliphatic carbocycles. The molecule has 1 aromatic carbocycles. The summed E-state index contributed by atoms with van der Waals surface area (Å²) in [6, 6.07) is 8.23. The first-order chi connectivity index (χ1) is 12.7. The lowest BCUT2D eigenvalue weighted by atomic mass is 10.1. The third kappa shape index (κ3) is 5.53. The first kappa shape index (κ1) is 18.8. The maximum absolute atomic E-state index is 5.62. The van der Waals surface area contributed by atoms with Gasteiger partial charge in [-0.25, -0.2) is 4.98 Å². The Morgan fingerprint density at radius 3 is 2.88 bits per heavy atom. The van der Waals surface area contributed by atoms with Gasteiger partial charge < -0.3 is 15.1 Å². The molecule has 1 unspecified atom stereocenters. The maximum atomic E-state index is 5.62. The average molecular weight is 373 g/mol. The van der Waals surface area contributed by atoms with Gasteiger partial charge in [-0.15, -0.1) is 0 Å². The van der Waals surface area contributed by atoms with Gasteiger partial charge in [0.05, 0.1) is 12.2 Å². The topological polar surface area (TPSA) is 62.5 Å². The van der Waals surface area contributed by atoms with Gasteiger partial charge in [-0.1, -0.05) is 17.7 Å². The lowest BCUT2D eigenvalue weighted by molar-refractivity contribution is 0.572. The summed E-state index contributed by atoms with van der Waals surface area (Å²) < 4.78 is 5.62. The van der Waals surface area contributed by atoms with E-state index in [4.69, 9.17) is 9.41 Å². The van der Waals surface area contributed by atoms with E-state index in [0.29, 0.717) is 11.1 Å².